The van der Waals surface area contributed by atoms with Gasteiger partial charge >= 0.3 is 0 Å². The van der Waals surface area contributed by atoms with Crippen molar-refractivity contribution in [3.63, 3.8) is 0 Å². The lowest BCUT2D eigenvalue weighted by atomic mass is 10.1. The summed E-state index contributed by atoms with van der Waals surface area (Å²) in [6.07, 6.45) is 3.46. The molecule has 5 nitrogen and oxygen atoms in total. The maximum atomic E-state index is 12.3. The summed E-state index contributed by atoms with van der Waals surface area (Å²) >= 11 is 0. The molecule has 1 aromatic carbocycles. The summed E-state index contributed by atoms with van der Waals surface area (Å²) in [4.78, 5) is 18.7. The van der Waals surface area contributed by atoms with Crippen molar-refractivity contribution in [1.82, 2.24) is 20.5 Å². The van der Waals surface area contributed by atoms with Crippen LogP contribution >= 0.6 is 0 Å². The van der Waals surface area contributed by atoms with Gasteiger partial charge in [-0.1, -0.05) is 12.1 Å². The van der Waals surface area contributed by atoms with Crippen LogP contribution in [0, 0.1) is 0 Å². The van der Waals surface area contributed by atoms with Gasteiger partial charge in [0, 0.05) is 57.2 Å². The Morgan fingerprint density at radius 1 is 1.13 bits per heavy atom. The first-order valence-electron chi connectivity index (χ1n) is 8.00. The molecular weight excluding hydrogens is 288 g/mol. The van der Waals surface area contributed by atoms with Crippen molar-refractivity contribution in [2.45, 2.75) is 13.1 Å². The average Bonchev–Trinajstić information content (AvgIpc) is 2.62. The van der Waals surface area contributed by atoms with E-state index >= 15 is 0 Å². The minimum absolute atomic E-state index is 0.0380. The standard InChI is InChI=1S/C18H22N4O/c23-18(21-13-15-4-6-19-7-5-15)17-3-1-2-16(12-17)14-22-10-8-20-9-11-22/h1-7,12,20H,8-11,13-14H2,(H,21,23). The molecule has 1 amide bonds. The highest BCUT2D eigenvalue weighted by Crippen LogP contribution is 2.09. The number of aromatic nitrogens is 1. The lowest BCUT2D eigenvalue weighted by molar-refractivity contribution is 0.0950. The second-order valence-corrected chi connectivity index (χ2v) is 5.76. The molecule has 0 radical (unpaired) electrons. The van der Waals surface area contributed by atoms with Crippen LogP contribution in [-0.4, -0.2) is 42.0 Å². The van der Waals surface area contributed by atoms with Crippen molar-refractivity contribution in [1.29, 1.82) is 0 Å². The molecule has 0 unspecified atom stereocenters. The Hall–Kier alpha value is -2.24. The topological polar surface area (TPSA) is 57.3 Å². The van der Waals surface area contributed by atoms with Crippen LogP contribution in [0.4, 0.5) is 0 Å². The molecule has 3 rings (SSSR count). The zero-order valence-corrected chi connectivity index (χ0v) is 13.2. The van der Waals surface area contributed by atoms with Gasteiger partial charge < -0.3 is 10.6 Å². The zero-order chi connectivity index (χ0) is 15.9. The van der Waals surface area contributed by atoms with Crippen LogP contribution in [0.2, 0.25) is 0 Å². The molecule has 1 aromatic heterocycles. The van der Waals surface area contributed by atoms with Crippen LogP contribution in [0.5, 0.6) is 0 Å². The fourth-order valence-corrected chi connectivity index (χ4v) is 2.72. The van der Waals surface area contributed by atoms with E-state index in [1.54, 1.807) is 12.4 Å². The van der Waals surface area contributed by atoms with Gasteiger partial charge in [-0.05, 0) is 35.4 Å². The Morgan fingerprint density at radius 2 is 1.91 bits per heavy atom. The number of nitrogens with one attached hydrogen (secondary N) is 2. The largest absolute Gasteiger partial charge is 0.348 e. The van der Waals surface area contributed by atoms with Crippen LogP contribution in [0.25, 0.3) is 0 Å². The quantitative estimate of drug-likeness (QED) is 0.877. The van der Waals surface area contributed by atoms with Crippen molar-refractivity contribution < 1.29 is 4.79 Å². The lowest BCUT2D eigenvalue weighted by Gasteiger charge is -2.27. The lowest BCUT2D eigenvalue weighted by Crippen LogP contribution is -2.42. The molecular formula is C18H22N4O. The minimum atomic E-state index is -0.0380. The first kappa shape index (κ1) is 15.6. The number of nitrogens with zero attached hydrogens (tertiary/aromatic N) is 2. The molecule has 1 aliphatic rings. The normalized spacial score (nSPS) is 15.3. The molecule has 0 aliphatic carbocycles. The number of carbonyl (C=O) groups is 1. The van der Waals surface area contributed by atoms with Crippen molar-refractivity contribution in [2.75, 3.05) is 26.2 Å². The van der Waals surface area contributed by atoms with Crippen molar-refractivity contribution >= 4 is 5.91 Å². The predicted octanol–water partition coefficient (Wildman–Crippen LogP) is 1.42. The third kappa shape index (κ3) is 4.61. The molecule has 5 heteroatoms. The third-order valence-electron chi connectivity index (χ3n) is 4.01. The van der Waals surface area contributed by atoms with Crippen LogP contribution in [-0.2, 0) is 13.1 Å². The summed E-state index contributed by atoms with van der Waals surface area (Å²) in [5.41, 5.74) is 2.94. The number of amides is 1. The first-order chi connectivity index (χ1) is 11.3. The maximum Gasteiger partial charge on any atom is 0.251 e. The Bertz CT molecular complexity index is 638. The highest BCUT2D eigenvalue weighted by atomic mass is 16.1. The summed E-state index contributed by atoms with van der Waals surface area (Å²) in [6.45, 7) is 5.59. The van der Waals surface area contributed by atoms with Crippen molar-refractivity contribution in [3.8, 4) is 0 Å². The summed E-state index contributed by atoms with van der Waals surface area (Å²) in [6, 6.07) is 11.7. The van der Waals surface area contributed by atoms with Crippen LogP contribution in [0.1, 0.15) is 21.5 Å². The highest BCUT2D eigenvalue weighted by molar-refractivity contribution is 5.94. The van der Waals surface area contributed by atoms with Gasteiger partial charge in [0.25, 0.3) is 5.91 Å². The van der Waals surface area contributed by atoms with E-state index in [0.717, 1.165) is 38.3 Å². The number of benzene rings is 1. The third-order valence-corrected chi connectivity index (χ3v) is 4.01. The summed E-state index contributed by atoms with van der Waals surface area (Å²) in [5, 5.41) is 6.31. The Labute approximate surface area is 136 Å². The van der Waals surface area contributed by atoms with Gasteiger partial charge in [-0.25, -0.2) is 0 Å². The molecule has 2 heterocycles. The SMILES string of the molecule is O=C(NCc1ccncc1)c1cccc(CN2CCNCC2)c1. The minimum Gasteiger partial charge on any atom is -0.348 e. The zero-order valence-electron chi connectivity index (χ0n) is 13.2. The number of piperazine rings is 1. The van der Waals surface area contributed by atoms with Crippen LogP contribution < -0.4 is 10.6 Å². The Balaban J connectivity index is 1.58. The fraction of sp³-hybridized carbons (Fsp3) is 0.333. The smallest absolute Gasteiger partial charge is 0.251 e. The summed E-state index contributed by atoms with van der Waals surface area (Å²) < 4.78 is 0. The molecule has 23 heavy (non-hydrogen) atoms. The average molecular weight is 310 g/mol. The van der Waals surface area contributed by atoms with Crippen molar-refractivity contribution in [3.05, 3.63) is 65.5 Å². The molecule has 2 aromatic rings. The molecule has 0 atom stereocenters. The molecule has 1 aliphatic heterocycles. The van der Waals surface area contributed by atoms with E-state index < -0.39 is 0 Å². The number of pyridine rings is 1. The van der Waals surface area contributed by atoms with E-state index in [0.29, 0.717) is 12.1 Å². The van der Waals surface area contributed by atoms with Gasteiger partial charge in [-0.15, -0.1) is 0 Å². The number of hydrogen-bond acceptors (Lipinski definition) is 4. The Morgan fingerprint density at radius 3 is 2.70 bits per heavy atom. The summed E-state index contributed by atoms with van der Waals surface area (Å²) in [5.74, 6) is -0.0380. The predicted molar refractivity (Wildman–Crippen MR) is 90.0 cm³/mol. The molecule has 1 saturated heterocycles. The summed E-state index contributed by atoms with van der Waals surface area (Å²) in [7, 11) is 0. The Kier molecular flexibility index (Phi) is 5.34. The van der Waals surface area contributed by atoms with E-state index in [2.05, 4.69) is 26.6 Å². The maximum absolute atomic E-state index is 12.3. The van der Waals surface area contributed by atoms with Crippen LogP contribution in [0.15, 0.2) is 48.8 Å². The second kappa shape index (κ2) is 7.85. The van der Waals surface area contributed by atoms with Gasteiger partial charge in [0.1, 0.15) is 0 Å². The number of hydrogen-bond donors (Lipinski definition) is 2. The van der Waals surface area contributed by atoms with Gasteiger partial charge in [0.2, 0.25) is 0 Å². The first-order valence-corrected chi connectivity index (χ1v) is 8.00. The van der Waals surface area contributed by atoms with E-state index in [1.807, 2.05) is 30.3 Å². The van der Waals surface area contributed by atoms with Crippen molar-refractivity contribution in [2.24, 2.45) is 0 Å². The molecule has 120 valence electrons. The van der Waals surface area contributed by atoms with E-state index in [9.17, 15) is 4.79 Å². The second-order valence-electron chi connectivity index (χ2n) is 5.76. The molecule has 0 bridgehead atoms. The highest BCUT2D eigenvalue weighted by Gasteiger charge is 2.11. The van der Waals surface area contributed by atoms with E-state index in [1.165, 1.54) is 5.56 Å². The fourth-order valence-electron chi connectivity index (χ4n) is 2.72. The van der Waals surface area contributed by atoms with Crippen LogP contribution in [0.3, 0.4) is 0 Å². The monoisotopic (exact) mass is 310 g/mol. The number of rotatable bonds is 5. The molecule has 0 saturated carbocycles. The van der Waals surface area contributed by atoms with Gasteiger partial charge in [-0.3, -0.25) is 14.7 Å². The number of carbonyl (C=O) groups excluding carboxylic acids is 1. The molecule has 1 fully saturated rings. The van der Waals surface area contributed by atoms with Gasteiger partial charge in [0.15, 0.2) is 0 Å². The van der Waals surface area contributed by atoms with E-state index in [-0.39, 0.29) is 5.91 Å². The van der Waals surface area contributed by atoms with E-state index in [4.69, 9.17) is 0 Å². The molecule has 0 spiro atoms. The van der Waals surface area contributed by atoms with Gasteiger partial charge in [-0.2, -0.15) is 0 Å². The molecule has 2 N–H and O–H groups in total. The van der Waals surface area contributed by atoms with Gasteiger partial charge in [0.05, 0.1) is 0 Å².